The summed E-state index contributed by atoms with van der Waals surface area (Å²) in [6.07, 6.45) is 18.0. The molecule has 2 aromatic rings. The summed E-state index contributed by atoms with van der Waals surface area (Å²) < 4.78 is 1.08. The van der Waals surface area contributed by atoms with E-state index < -0.39 is 0 Å². The van der Waals surface area contributed by atoms with Crippen LogP contribution >= 0.6 is 27.7 Å². The van der Waals surface area contributed by atoms with E-state index in [2.05, 4.69) is 133 Å². The number of thioether (sulfide) groups is 1. The minimum absolute atomic E-state index is 0.133. The van der Waals surface area contributed by atoms with Crippen molar-refractivity contribution < 1.29 is 0 Å². The van der Waals surface area contributed by atoms with Crippen molar-refractivity contribution in [2.45, 2.75) is 44.6 Å². The molecule has 3 unspecified atom stereocenters. The maximum Gasteiger partial charge on any atom is 0.0775 e. The highest BCUT2D eigenvalue weighted by Crippen LogP contribution is 2.43. The second-order valence-electron chi connectivity index (χ2n) is 10.3. The Morgan fingerprint density at radius 2 is 1.81 bits per heavy atom. The third-order valence-corrected chi connectivity index (χ3v) is 9.44. The molecule has 0 saturated carbocycles. The number of nitrogens with zero attached hydrogens (tertiary/aromatic N) is 1. The van der Waals surface area contributed by atoms with E-state index >= 15 is 0 Å². The molecule has 0 saturated heterocycles. The lowest BCUT2D eigenvalue weighted by atomic mass is 9.77. The molecule has 1 heterocycles. The summed E-state index contributed by atoms with van der Waals surface area (Å²) in [7, 11) is 0. The summed E-state index contributed by atoms with van der Waals surface area (Å²) in [6.45, 7) is 6.77. The maximum absolute atomic E-state index is 6.94. The average Bonchev–Trinajstić information content (AvgIpc) is 2.91. The van der Waals surface area contributed by atoms with E-state index in [1.54, 1.807) is 0 Å². The van der Waals surface area contributed by atoms with Gasteiger partial charge in [-0.2, -0.15) is 0 Å². The molecule has 2 aromatic carbocycles. The summed E-state index contributed by atoms with van der Waals surface area (Å²) in [5, 5.41) is 0. The van der Waals surface area contributed by atoms with Crippen LogP contribution in [-0.4, -0.2) is 11.8 Å². The number of nitrogens with two attached hydrogens (primary N) is 1. The zero-order valence-corrected chi connectivity index (χ0v) is 24.2. The van der Waals surface area contributed by atoms with Gasteiger partial charge in [0.05, 0.1) is 17.4 Å². The third kappa shape index (κ3) is 5.61. The Labute approximate surface area is 234 Å². The Hall–Kier alpha value is -2.69. The van der Waals surface area contributed by atoms with Crippen molar-refractivity contribution in [1.29, 1.82) is 0 Å². The van der Waals surface area contributed by atoms with Crippen LogP contribution in [0.15, 0.2) is 129 Å². The fraction of sp³-hybridized carbons (Fsp3) is 0.273. The highest BCUT2D eigenvalue weighted by atomic mass is 79.9. The second-order valence-corrected chi connectivity index (χ2v) is 12.2. The predicted molar refractivity (Wildman–Crippen MR) is 164 cm³/mol. The predicted octanol–water partition coefficient (Wildman–Crippen LogP) is 8.88. The van der Waals surface area contributed by atoms with Gasteiger partial charge in [0.2, 0.25) is 0 Å². The van der Waals surface area contributed by atoms with Gasteiger partial charge in [0, 0.05) is 26.7 Å². The molecule has 2 nitrogen and oxygen atoms in total. The molecule has 0 amide bonds. The number of rotatable bonds is 6. The number of allylic oxidation sites excluding steroid dienone is 8. The third-order valence-electron chi connectivity index (χ3n) is 7.72. The van der Waals surface area contributed by atoms with Gasteiger partial charge in [-0.3, -0.25) is 0 Å². The quantitative estimate of drug-likeness (QED) is 0.351. The van der Waals surface area contributed by atoms with Gasteiger partial charge < -0.3 is 10.6 Å². The molecule has 4 heteroatoms. The minimum Gasteiger partial charge on any atom is -0.397 e. The zero-order valence-electron chi connectivity index (χ0n) is 21.8. The molecule has 5 rings (SSSR count). The van der Waals surface area contributed by atoms with Crippen LogP contribution in [0.1, 0.15) is 32.3 Å². The number of halogens is 1. The maximum atomic E-state index is 6.94. The fourth-order valence-corrected chi connectivity index (χ4v) is 6.75. The molecule has 0 radical (unpaired) electrons. The summed E-state index contributed by atoms with van der Waals surface area (Å²) in [6, 6.07) is 17.5. The number of aryl methyl sites for hydroxylation is 1. The van der Waals surface area contributed by atoms with Crippen LogP contribution in [0.5, 0.6) is 0 Å². The molecule has 0 fully saturated rings. The topological polar surface area (TPSA) is 29.3 Å². The lowest BCUT2D eigenvalue weighted by Crippen LogP contribution is -2.44. The van der Waals surface area contributed by atoms with Crippen LogP contribution in [0.25, 0.3) is 0 Å². The van der Waals surface area contributed by atoms with E-state index in [0.717, 1.165) is 28.8 Å². The van der Waals surface area contributed by atoms with Crippen LogP contribution in [0.4, 0.5) is 5.69 Å². The van der Waals surface area contributed by atoms with Crippen molar-refractivity contribution in [2.75, 3.05) is 10.7 Å². The number of hydrogen-bond donors (Lipinski definition) is 1. The van der Waals surface area contributed by atoms with Crippen molar-refractivity contribution in [3.8, 4) is 0 Å². The van der Waals surface area contributed by atoms with Gasteiger partial charge in [-0.15, -0.1) is 11.8 Å². The monoisotopic (exact) mass is 570 g/mol. The lowest BCUT2D eigenvalue weighted by molar-refractivity contribution is 0.588. The Balaban J connectivity index is 1.64. The van der Waals surface area contributed by atoms with Crippen molar-refractivity contribution in [3.63, 3.8) is 0 Å². The molecule has 2 N–H and O–H groups in total. The van der Waals surface area contributed by atoms with E-state index in [4.69, 9.17) is 5.73 Å². The molecule has 3 aliphatic rings. The van der Waals surface area contributed by atoms with Gasteiger partial charge in [-0.1, -0.05) is 83.1 Å². The molecular weight excluding hydrogens is 536 g/mol. The molecule has 1 aliphatic heterocycles. The highest BCUT2D eigenvalue weighted by Gasteiger charge is 2.37. The molecule has 2 aliphatic carbocycles. The first kappa shape index (κ1) is 25.9. The number of anilines is 1. The lowest BCUT2D eigenvalue weighted by Gasteiger charge is -2.44. The van der Waals surface area contributed by atoms with Crippen molar-refractivity contribution in [3.05, 3.63) is 129 Å². The molecule has 0 spiro atoms. The molecule has 0 bridgehead atoms. The Kier molecular flexibility index (Phi) is 7.97. The highest BCUT2D eigenvalue weighted by molar-refractivity contribution is 9.10. The van der Waals surface area contributed by atoms with Gasteiger partial charge in [-0.25, -0.2) is 0 Å². The Morgan fingerprint density at radius 1 is 1.03 bits per heavy atom. The first-order chi connectivity index (χ1) is 17.9. The average molecular weight is 572 g/mol. The van der Waals surface area contributed by atoms with Gasteiger partial charge in [0.15, 0.2) is 0 Å². The van der Waals surface area contributed by atoms with Gasteiger partial charge in [0.1, 0.15) is 0 Å². The van der Waals surface area contributed by atoms with E-state index in [1.165, 1.54) is 38.6 Å². The first-order valence-corrected chi connectivity index (χ1v) is 14.8. The summed E-state index contributed by atoms with van der Waals surface area (Å²) in [5.41, 5.74) is 15.8. The smallest absolute Gasteiger partial charge is 0.0775 e. The van der Waals surface area contributed by atoms with Crippen LogP contribution in [0.2, 0.25) is 0 Å². The molecule has 3 atom stereocenters. The fourth-order valence-electron chi connectivity index (χ4n) is 5.42. The minimum atomic E-state index is 0.133. The summed E-state index contributed by atoms with van der Waals surface area (Å²) >= 11 is 5.51. The van der Waals surface area contributed by atoms with E-state index in [-0.39, 0.29) is 6.04 Å². The van der Waals surface area contributed by atoms with Gasteiger partial charge in [-0.05, 0) is 85.7 Å². The van der Waals surface area contributed by atoms with E-state index in [0.29, 0.717) is 11.8 Å². The van der Waals surface area contributed by atoms with Crippen molar-refractivity contribution in [1.82, 2.24) is 0 Å². The first-order valence-electron chi connectivity index (χ1n) is 13.1. The molecule has 37 heavy (non-hydrogen) atoms. The molecule has 0 aromatic heterocycles. The summed E-state index contributed by atoms with van der Waals surface area (Å²) in [4.78, 5) is 3.83. The largest absolute Gasteiger partial charge is 0.397 e. The van der Waals surface area contributed by atoms with E-state index in [9.17, 15) is 0 Å². The van der Waals surface area contributed by atoms with Gasteiger partial charge >= 0.3 is 0 Å². The van der Waals surface area contributed by atoms with E-state index in [1.807, 2.05) is 11.8 Å². The van der Waals surface area contributed by atoms with Crippen LogP contribution in [-0.2, 0) is 0 Å². The van der Waals surface area contributed by atoms with Crippen molar-refractivity contribution in [2.24, 2.45) is 17.6 Å². The normalized spacial score (nSPS) is 23.6. The van der Waals surface area contributed by atoms with Crippen LogP contribution in [0, 0.1) is 18.8 Å². The van der Waals surface area contributed by atoms with Crippen LogP contribution < -0.4 is 10.6 Å². The number of benzene rings is 2. The Morgan fingerprint density at radius 3 is 2.51 bits per heavy atom. The van der Waals surface area contributed by atoms with Gasteiger partial charge in [0.25, 0.3) is 0 Å². The molecule has 190 valence electrons. The Bertz CT molecular complexity index is 1340. The SMILES string of the molecule is CC1=CC=C(C2C(C3C=CC=CC3)=CC(N)=C(CSc3ccccc3C)N2c2ccc(Br)cc2)CC1C. The number of hydrogen-bond acceptors (Lipinski definition) is 3. The summed E-state index contributed by atoms with van der Waals surface area (Å²) in [5.74, 6) is 1.67. The zero-order chi connectivity index (χ0) is 25.9. The van der Waals surface area contributed by atoms with Crippen molar-refractivity contribution >= 4 is 33.4 Å². The standard InChI is InChI=1S/C33H35BrN2S/c1-22-13-14-26(19-24(22)3)33-29(25-10-5-4-6-11-25)20-30(35)31(21-37-32-12-8-7-9-23(32)2)36(33)28-17-15-27(34)16-18-28/h4-10,12-18,20,24-25,33H,11,19,21,35H2,1-3H3. The second kappa shape index (κ2) is 11.4. The van der Waals surface area contributed by atoms with Crippen LogP contribution in [0.3, 0.4) is 0 Å². The molecular formula is C33H35BrN2S.